The van der Waals surface area contributed by atoms with E-state index in [1.165, 1.54) is 12.4 Å². The molecular weight excluding hydrogens is 1060 g/mol. The van der Waals surface area contributed by atoms with E-state index < -0.39 is 34.8 Å². The Morgan fingerprint density at radius 2 is 1.54 bits per heavy atom. The van der Waals surface area contributed by atoms with Crippen molar-refractivity contribution in [3.8, 4) is 5.75 Å². The molecule has 1 atom stereocenters. The minimum Gasteiger partial charge on any atom is -0.489 e. The number of hydrogen-bond acceptors (Lipinski definition) is 13. The molecule has 0 radical (unpaired) electrons. The van der Waals surface area contributed by atoms with Gasteiger partial charge in [0.2, 0.25) is 11.8 Å². The number of likely N-dealkylation sites (tertiary alicyclic amines) is 1. The monoisotopic (exact) mass is 1130 g/mol. The molecule has 432 valence electrons. The van der Waals surface area contributed by atoms with E-state index in [-0.39, 0.29) is 30.0 Å². The maximum absolute atomic E-state index is 15.1. The topological polar surface area (TPSA) is 172 Å². The van der Waals surface area contributed by atoms with Crippen LogP contribution in [0.1, 0.15) is 81.2 Å². The number of amides is 3. The van der Waals surface area contributed by atoms with Crippen molar-refractivity contribution in [2.45, 2.75) is 89.4 Å². The van der Waals surface area contributed by atoms with E-state index in [0.29, 0.717) is 101 Å². The molecule has 3 amide bonds. The summed E-state index contributed by atoms with van der Waals surface area (Å²) in [6.07, 6.45) is 1.22. The van der Waals surface area contributed by atoms with Crippen molar-refractivity contribution >= 4 is 52.0 Å². The number of halogens is 5. The number of nitrogens with one attached hydrogen (secondary N) is 2. The molecule has 9 rings (SSSR count). The van der Waals surface area contributed by atoms with Gasteiger partial charge in [0.15, 0.2) is 0 Å². The van der Waals surface area contributed by atoms with Crippen LogP contribution in [0.5, 0.6) is 5.75 Å². The average Bonchev–Trinajstić information content (AvgIpc) is 3.92. The number of alkyl halides is 3. The summed E-state index contributed by atoms with van der Waals surface area (Å²) in [6, 6.07) is 17.3. The number of nitrogen functional groups attached to an aromatic ring is 1. The van der Waals surface area contributed by atoms with Crippen LogP contribution >= 0.6 is 11.6 Å². The summed E-state index contributed by atoms with van der Waals surface area (Å²) in [5.74, 6) is 0.452. The first-order valence-electron chi connectivity index (χ1n) is 27.8. The quantitative estimate of drug-likeness (QED) is 0.0604. The molecule has 6 heterocycles. The second kappa shape index (κ2) is 25.3. The van der Waals surface area contributed by atoms with Gasteiger partial charge in [0.25, 0.3) is 0 Å². The van der Waals surface area contributed by atoms with E-state index >= 15 is 4.79 Å². The molecule has 3 aromatic carbocycles. The van der Waals surface area contributed by atoms with Crippen molar-refractivity contribution in [1.29, 1.82) is 0 Å². The van der Waals surface area contributed by atoms with Gasteiger partial charge in [0.1, 0.15) is 47.1 Å². The Morgan fingerprint density at radius 1 is 0.850 bits per heavy atom. The van der Waals surface area contributed by atoms with Crippen molar-refractivity contribution in [3.05, 3.63) is 112 Å². The predicted octanol–water partition coefficient (Wildman–Crippen LogP) is 8.06. The molecule has 80 heavy (non-hydrogen) atoms. The lowest BCUT2D eigenvalue weighted by atomic mass is 9.85. The number of alkyl carbamates (subject to hydrolysis) is 1. The van der Waals surface area contributed by atoms with Crippen LogP contribution in [0.25, 0.3) is 11.0 Å². The van der Waals surface area contributed by atoms with Crippen molar-refractivity contribution < 1.29 is 41.4 Å². The molecule has 4 N–H and O–H groups in total. The first-order valence-corrected chi connectivity index (χ1v) is 28.2. The van der Waals surface area contributed by atoms with Gasteiger partial charge < -0.3 is 45.1 Å². The summed E-state index contributed by atoms with van der Waals surface area (Å²) < 4.78 is 65.6. The second-order valence-corrected chi connectivity index (χ2v) is 23.3. The van der Waals surface area contributed by atoms with E-state index in [1.807, 2.05) is 54.5 Å². The van der Waals surface area contributed by atoms with Gasteiger partial charge in [-0.1, -0.05) is 29.8 Å². The number of H-pyrrole nitrogens is 1. The number of likely N-dealkylation sites (N-methyl/N-ethyl adjacent to an activating group) is 1. The van der Waals surface area contributed by atoms with Crippen molar-refractivity contribution in [2.24, 2.45) is 5.92 Å². The molecule has 0 unspecified atom stereocenters. The molecule has 0 saturated carbocycles. The third-order valence-corrected chi connectivity index (χ3v) is 16.4. The van der Waals surface area contributed by atoms with E-state index in [1.54, 1.807) is 37.8 Å². The lowest BCUT2D eigenvalue weighted by Gasteiger charge is -2.45. The molecule has 4 aliphatic rings. The molecule has 4 saturated heterocycles. The number of carbonyl (C=O) groups excluding carboxylic acids is 3. The zero-order chi connectivity index (χ0) is 56.8. The summed E-state index contributed by atoms with van der Waals surface area (Å²) in [6.45, 7) is 16.7. The van der Waals surface area contributed by atoms with Gasteiger partial charge in [-0.3, -0.25) is 24.3 Å². The van der Waals surface area contributed by atoms with E-state index in [0.717, 1.165) is 98.8 Å². The molecule has 0 aliphatic carbocycles. The van der Waals surface area contributed by atoms with E-state index in [9.17, 15) is 27.2 Å². The molecular formula is C58H75ClF4N12O5. The van der Waals surface area contributed by atoms with Crippen LogP contribution in [-0.4, -0.2) is 179 Å². The Hall–Kier alpha value is -6.26. The number of anilines is 2. The highest BCUT2D eigenvalue weighted by molar-refractivity contribution is 6.30. The van der Waals surface area contributed by atoms with Gasteiger partial charge in [-0.25, -0.2) is 19.2 Å². The maximum atomic E-state index is 15.1. The largest absolute Gasteiger partial charge is 0.489 e. The number of piperidine rings is 2. The molecule has 2 aromatic heterocycles. The molecule has 0 spiro atoms. The third-order valence-electron chi connectivity index (χ3n) is 16.1. The number of nitrogens with two attached hydrogens (primary N) is 1. The lowest BCUT2D eigenvalue weighted by molar-refractivity contribution is -0.141. The van der Waals surface area contributed by atoms with Crippen LogP contribution in [0, 0.1) is 11.7 Å². The molecule has 22 heteroatoms. The fourth-order valence-corrected chi connectivity index (χ4v) is 11.8. The summed E-state index contributed by atoms with van der Waals surface area (Å²) in [5.41, 5.74) is 6.10. The summed E-state index contributed by atoms with van der Waals surface area (Å²) in [7, 11) is 1.81. The van der Waals surface area contributed by atoms with E-state index in [4.69, 9.17) is 26.8 Å². The third kappa shape index (κ3) is 14.8. The van der Waals surface area contributed by atoms with Crippen molar-refractivity contribution in [1.82, 2.24) is 49.7 Å². The zero-order valence-corrected chi connectivity index (χ0v) is 47.0. The number of ether oxygens (including phenoxy) is 2. The summed E-state index contributed by atoms with van der Waals surface area (Å²) in [5, 5.41) is 4.53. The predicted molar refractivity (Wildman–Crippen MR) is 300 cm³/mol. The number of aromatic amines is 1. The van der Waals surface area contributed by atoms with Crippen LogP contribution in [0.4, 0.5) is 33.9 Å². The molecule has 5 aromatic rings. The highest BCUT2D eigenvalue weighted by atomic mass is 35.5. The number of nitrogens with zero attached hydrogens (tertiary/aromatic N) is 9. The lowest BCUT2D eigenvalue weighted by Crippen LogP contribution is -2.64. The van der Waals surface area contributed by atoms with Gasteiger partial charge >= 0.3 is 12.3 Å². The van der Waals surface area contributed by atoms with Gasteiger partial charge in [0.05, 0.1) is 23.5 Å². The minimum absolute atomic E-state index is 0.140. The Kier molecular flexibility index (Phi) is 18.4. The highest BCUT2D eigenvalue weighted by Crippen LogP contribution is 2.36. The SMILES string of the molecule is CN(C(=O)C1(NC(=O)OC(C)(C)C)CCN(c2ncnc3[nH]ccc23)CC1)[C@@H](CCN1CCN(C(=O)CN2CCN(CC3CCN(Cc4cc(N)ccc4OCc4ccc(F)c(C(F)(F)F)c4)CC3)CC2)CC1)c1ccc(Cl)cc1. The maximum Gasteiger partial charge on any atom is 0.419 e. The minimum atomic E-state index is -4.80. The highest BCUT2D eigenvalue weighted by Gasteiger charge is 2.47. The first kappa shape index (κ1) is 58.4. The van der Waals surface area contributed by atoms with Gasteiger partial charge in [0, 0.05) is 115 Å². The Labute approximate surface area is 470 Å². The molecule has 4 aliphatic heterocycles. The Morgan fingerprint density at radius 3 is 2.23 bits per heavy atom. The average molecular weight is 1130 g/mol. The van der Waals surface area contributed by atoms with Crippen LogP contribution in [0.3, 0.4) is 0 Å². The number of carbonyl (C=O) groups is 3. The number of aromatic nitrogens is 3. The number of rotatable bonds is 17. The van der Waals surface area contributed by atoms with Crippen molar-refractivity contribution in [2.75, 3.05) is 116 Å². The molecule has 17 nitrogen and oxygen atoms in total. The second-order valence-electron chi connectivity index (χ2n) is 22.9. The zero-order valence-electron chi connectivity index (χ0n) is 46.2. The Bertz CT molecular complexity index is 2910. The van der Waals surface area contributed by atoms with Crippen molar-refractivity contribution in [3.63, 3.8) is 0 Å². The van der Waals surface area contributed by atoms with Gasteiger partial charge in [-0.15, -0.1) is 0 Å². The Balaban J connectivity index is 0.722. The van der Waals surface area contributed by atoms with Crippen LogP contribution < -0.4 is 20.7 Å². The van der Waals surface area contributed by atoms with Crippen LogP contribution in [-0.2, 0) is 33.7 Å². The summed E-state index contributed by atoms with van der Waals surface area (Å²) in [4.78, 5) is 69.8. The molecule has 4 fully saturated rings. The normalized spacial score (nSPS) is 18.8. The first-order chi connectivity index (χ1) is 38.2. The number of hydrogen-bond donors (Lipinski definition) is 3. The van der Waals surface area contributed by atoms with Gasteiger partial charge in [-0.05, 0) is 132 Å². The number of benzene rings is 3. The van der Waals surface area contributed by atoms with Crippen LogP contribution in [0.15, 0.2) is 79.3 Å². The molecule has 0 bridgehead atoms. The number of piperazine rings is 2. The summed E-state index contributed by atoms with van der Waals surface area (Å²) >= 11 is 6.38. The fraction of sp³-hybridized carbons (Fsp3) is 0.534. The fourth-order valence-electron chi connectivity index (χ4n) is 11.6. The van der Waals surface area contributed by atoms with E-state index in [2.05, 4.69) is 44.8 Å². The number of fused-ring (bicyclic) bond motifs is 1. The standard InChI is InChI=1S/C58H75ClF4N12O5/c1-56(2,3)80-55(78)68-57(17-23-75(24-18-57)53-46-13-19-65-52(46)66-39-67-53)54(77)69(4)49(42-6-8-44(59)9-7-42)16-22-70-29-31-74(32-30-70)51(76)37-73-27-25-72(26-28-73)35-40-14-20-71(21-15-40)36-43-34-45(64)10-12-50(43)79-38-41-5-11-48(60)47(33-41)58(61,62)63/h5-13,19,33-34,39-40,49H,14-18,20-32,35-38,64H2,1-4H3,(H,68,78)(H,65,66,67)/t49-/m0/s1. The van der Waals surface area contributed by atoms with Gasteiger partial charge in [-0.2, -0.15) is 13.2 Å². The smallest absolute Gasteiger partial charge is 0.419 e. The van der Waals surface area contributed by atoms with Crippen LogP contribution in [0.2, 0.25) is 5.02 Å².